The zero-order chi connectivity index (χ0) is 12.2. The van der Waals surface area contributed by atoms with Gasteiger partial charge in [-0.25, -0.2) is 8.42 Å². The minimum Gasteiger partial charge on any atom is -0.224 e. The average molecular weight is 326 g/mol. The molecule has 0 saturated carbocycles. The third-order valence-corrected chi connectivity index (χ3v) is 5.07. The van der Waals surface area contributed by atoms with Crippen molar-refractivity contribution < 1.29 is 8.42 Å². The zero-order valence-electron chi connectivity index (χ0n) is 9.04. The standard InChI is InChI=1S/C11H14BrClO2S/c1-9-8-10(4-5-11(9)13)16(14,15)7-3-2-6-12/h4-5,8H,2-3,6-7H2,1H3. The molecular formula is C11H14BrClO2S. The molecule has 0 spiro atoms. The van der Waals surface area contributed by atoms with Crippen LogP contribution in [0, 0.1) is 6.92 Å². The van der Waals surface area contributed by atoms with Gasteiger partial charge in [0, 0.05) is 10.4 Å². The molecule has 0 N–H and O–H groups in total. The number of benzene rings is 1. The van der Waals surface area contributed by atoms with Gasteiger partial charge in [-0.3, -0.25) is 0 Å². The Labute approximate surface area is 110 Å². The number of hydrogen-bond donors (Lipinski definition) is 0. The highest BCUT2D eigenvalue weighted by atomic mass is 79.9. The minimum absolute atomic E-state index is 0.194. The van der Waals surface area contributed by atoms with Gasteiger partial charge >= 0.3 is 0 Å². The summed E-state index contributed by atoms with van der Waals surface area (Å²) in [7, 11) is -3.15. The lowest BCUT2D eigenvalue weighted by Crippen LogP contribution is -2.07. The fourth-order valence-corrected chi connectivity index (χ4v) is 3.28. The van der Waals surface area contributed by atoms with Gasteiger partial charge in [0.05, 0.1) is 10.6 Å². The number of aryl methyl sites for hydroxylation is 1. The van der Waals surface area contributed by atoms with Crippen LogP contribution >= 0.6 is 27.5 Å². The molecule has 0 saturated heterocycles. The van der Waals surface area contributed by atoms with Gasteiger partial charge in [0.1, 0.15) is 0 Å². The number of alkyl halides is 1. The van der Waals surface area contributed by atoms with Crippen LogP contribution in [0.15, 0.2) is 23.1 Å². The van der Waals surface area contributed by atoms with Crippen molar-refractivity contribution >= 4 is 37.4 Å². The maximum Gasteiger partial charge on any atom is 0.178 e. The molecule has 1 aromatic rings. The first kappa shape index (κ1) is 14.0. The van der Waals surface area contributed by atoms with Gasteiger partial charge in [-0.1, -0.05) is 27.5 Å². The van der Waals surface area contributed by atoms with E-state index >= 15 is 0 Å². The van der Waals surface area contributed by atoms with E-state index in [0.29, 0.717) is 16.3 Å². The Bertz CT molecular complexity index is 457. The van der Waals surface area contributed by atoms with E-state index < -0.39 is 9.84 Å². The molecule has 1 aromatic carbocycles. The summed E-state index contributed by atoms with van der Waals surface area (Å²) in [5.41, 5.74) is 0.795. The van der Waals surface area contributed by atoms with Gasteiger partial charge in [-0.15, -0.1) is 0 Å². The number of unbranched alkanes of at least 4 members (excludes halogenated alkanes) is 1. The molecule has 5 heteroatoms. The monoisotopic (exact) mass is 324 g/mol. The first-order valence-electron chi connectivity index (χ1n) is 5.02. The quantitative estimate of drug-likeness (QED) is 0.612. The summed E-state index contributed by atoms with van der Waals surface area (Å²) in [5, 5.41) is 1.43. The first-order valence-corrected chi connectivity index (χ1v) is 8.17. The Balaban J connectivity index is 2.86. The number of sulfone groups is 1. The van der Waals surface area contributed by atoms with Crippen LogP contribution in [-0.4, -0.2) is 19.5 Å². The molecule has 0 amide bonds. The van der Waals surface area contributed by atoms with Gasteiger partial charge < -0.3 is 0 Å². The van der Waals surface area contributed by atoms with Crippen LogP contribution in [0.25, 0.3) is 0 Å². The van der Waals surface area contributed by atoms with E-state index in [1.165, 1.54) is 0 Å². The lowest BCUT2D eigenvalue weighted by atomic mass is 10.2. The van der Waals surface area contributed by atoms with E-state index in [0.717, 1.165) is 17.3 Å². The maximum absolute atomic E-state index is 11.9. The lowest BCUT2D eigenvalue weighted by Gasteiger charge is -2.05. The van der Waals surface area contributed by atoms with Crippen LogP contribution in [0.3, 0.4) is 0 Å². The first-order chi connectivity index (χ1) is 7.47. The molecule has 16 heavy (non-hydrogen) atoms. The molecular weight excluding hydrogens is 312 g/mol. The third-order valence-electron chi connectivity index (χ3n) is 2.29. The molecule has 0 heterocycles. The van der Waals surface area contributed by atoms with Crippen LogP contribution in [0.4, 0.5) is 0 Å². The molecule has 2 nitrogen and oxygen atoms in total. The van der Waals surface area contributed by atoms with Crippen molar-refractivity contribution in [3.63, 3.8) is 0 Å². The summed E-state index contributed by atoms with van der Waals surface area (Å²) < 4.78 is 23.8. The Morgan fingerprint density at radius 2 is 2.00 bits per heavy atom. The summed E-state index contributed by atoms with van der Waals surface area (Å²) in [6, 6.07) is 4.83. The molecule has 0 radical (unpaired) electrons. The van der Waals surface area contributed by atoms with E-state index in [1.807, 2.05) is 0 Å². The Morgan fingerprint density at radius 3 is 2.56 bits per heavy atom. The molecule has 0 aromatic heterocycles. The molecule has 0 aliphatic rings. The predicted octanol–water partition coefficient (Wildman–Crippen LogP) is 3.60. The Kier molecular flexibility index (Phi) is 5.28. The zero-order valence-corrected chi connectivity index (χ0v) is 12.2. The summed E-state index contributed by atoms with van der Waals surface area (Å²) in [4.78, 5) is 0.365. The van der Waals surface area contributed by atoms with Crippen molar-refractivity contribution in [1.82, 2.24) is 0 Å². The summed E-state index contributed by atoms with van der Waals surface area (Å²) in [6.07, 6.45) is 1.54. The smallest absolute Gasteiger partial charge is 0.178 e. The van der Waals surface area contributed by atoms with Gasteiger partial charge in [0.15, 0.2) is 9.84 Å². The van der Waals surface area contributed by atoms with Crippen LogP contribution in [0.2, 0.25) is 5.02 Å². The SMILES string of the molecule is Cc1cc(S(=O)(=O)CCCCBr)ccc1Cl. The second kappa shape index (κ2) is 6.03. The lowest BCUT2D eigenvalue weighted by molar-refractivity contribution is 0.593. The van der Waals surface area contributed by atoms with Gasteiger partial charge in [-0.2, -0.15) is 0 Å². The van der Waals surface area contributed by atoms with Crippen molar-refractivity contribution in [2.75, 3.05) is 11.1 Å². The average Bonchev–Trinajstić information content (AvgIpc) is 2.22. The Morgan fingerprint density at radius 1 is 1.31 bits per heavy atom. The highest BCUT2D eigenvalue weighted by molar-refractivity contribution is 9.09. The number of hydrogen-bond acceptors (Lipinski definition) is 2. The Hall–Kier alpha value is -0.0600. The van der Waals surface area contributed by atoms with E-state index in [1.54, 1.807) is 25.1 Å². The van der Waals surface area contributed by atoms with Crippen LogP contribution in [0.5, 0.6) is 0 Å². The van der Waals surface area contributed by atoms with E-state index in [-0.39, 0.29) is 5.75 Å². The summed E-state index contributed by atoms with van der Waals surface area (Å²) >= 11 is 9.14. The topological polar surface area (TPSA) is 34.1 Å². The molecule has 0 atom stereocenters. The second-order valence-corrected chi connectivity index (χ2v) is 6.94. The largest absolute Gasteiger partial charge is 0.224 e. The fraction of sp³-hybridized carbons (Fsp3) is 0.455. The van der Waals surface area contributed by atoms with Gasteiger partial charge in [0.25, 0.3) is 0 Å². The third kappa shape index (κ3) is 3.75. The molecule has 0 aliphatic carbocycles. The molecule has 0 fully saturated rings. The van der Waals surface area contributed by atoms with Crippen molar-refractivity contribution in [2.24, 2.45) is 0 Å². The summed E-state index contributed by atoms with van der Waals surface area (Å²) in [6.45, 7) is 1.81. The van der Waals surface area contributed by atoms with Gasteiger partial charge in [0.2, 0.25) is 0 Å². The van der Waals surface area contributed by atoms with Crippen molar-refractivity contribution in [2.45, 2.75) is 24.7 Å². The van der Waals surface area contributed by atoms with Crippen LogP contribution in [0.1, 0.15) is 18.4 Å². The summed E-state index contributed by atoms with van der Waals surface area (Å²) in [5.74, 6) is 0.194. The highest BCUT2D eigenvalue weighted by Gasteiger charge is 2.14. The molecule has 90 valence electrons. The van der Waals surface area contributed by atoms with Crippen LogP contribution in [-0.2, 0) is 9.84 Å². The molecule has 0 aliphatic heterocycles. The number of halogens is 2. The molecule has 0 bridgehead atoms. The minimum atomic E-state index is -3.15. The predicted molar refractivity (Wildman–Crippen MR) is 71.3 cm³/mol. The van der Waals surface area contributed by atoms with E-state index in [2.05, 4.69) is 15.9 Å². The van der Waals surface area contributed by atoms with Crippen molar-refractivity contribution in [1.29, 1.82) is 0 Å². The van der Waals surface area contributed by atoms with Crippen molar-refractivity contribution in [3.05, 3.63) is 28.8 Å². The van der Waals surface area contributed by atoms with E-state index in [9.17, 15) is 8.42 Å². The van der Waals surface area contributed by atoms with Crippen LogP contribution < -0.4 is 0 Å². The van der Waals surface area contributed by atoms with Gasteiger partial charge in [-0.05, 0) is 43.5 Å². The normalized spacial score (nSPS) is 11.7. The second-order valence-electron chi connectivity index (χ2n) is 3.63. The molecule has 1 rings (SSSR count). The highest BCUT2D eigenvalue weighted by Crippen LogP contribution is 2.20. The molecule has 0 unspecified atom stereocenters. The maximum atomic E-state index is 11.9. The fourth-order valence-electron chi connectivity index (χ4n) is 1.32. The van der Waals surface area contributed by atoms with Crippen molar-refractivity contribution in [3.8, 4) is 0 Å². The van der Waals surface area contributed by atoms with E-state index in [4.69, 9.17) is 11.6 Å². The number of rotatable bonds is 5.